The second-order valence-electron chi connectivity index (χ2n) is 3.81. The minimum Gasteiger partial charge on any atom is -0.497 e. The lowest BCUT2D eigenvalue weighted by Gasteiger charge is -2.24. The van der Waals surface area contributed by atoms with Crippen molar-refractivity contribution in [3.8, 4) is 5.75 Å². The van der Waals surface area contributed by atoms with Gasteiger partial charge in [-0.1, -0.05) is 6.07 Å². The van der Waals surface area contributed by atoms with Crippen molar-refractivity contribution in [2.75, 3.05) is 13.0 Å². The fourth-order valence-electron chi connectivity index (χ4n) is 2.16. The zero-order valence-electron chi connectivity index (χ0n) is 8.42. The monoisotopic (exact) mass is 210 g/mol. The van der Waals surface area contributed by atoms with E-state index < -0.39 is 0 Å². The van der Waals surface area contributed by atoms with Crippen molar-refractivity contribution in [3.63, 3.8) is 0 Å². The standard InChI is InChI=1S/C12H15ClO/c1-14-11-6-5-9-3-2-4-10(8-13)12(9)7-11/h5-7,10H,2-4,8H2,1H3. The summed E-state index contributed by atoms with van der Waals surface area (Å²) >= 11 is 5.96. The number of halogens is 1. The van der Waals surface area contributed by atoms with Crippen LogP contribution in [0.3, 0.4) is 0 Å². The van der Waals surface area contributed by atoms with Gasteiger partial charge < -0.3 is 4.74 Å². The van der Waals surface area contributed by atoms with E-state index in [4.69, 9.17) is 16.3 Å². The lowest BCUT2D eigenvalue weighted by atomic mass is 9.84. The first kappa shape index (κ1) is 9.85. The molecule has 0 N–H and O–H groups in total. The minimum atomic E-state index is 0.524. The molecule has 0 bridgehead atoms. The highest BCUT2D eigenvalue weighted by atomic mass is 35.5. The van der Waals surface area contributed by atoms with Crippen molar-refractivity contribution in [1.29, 1.82) is 0 Å². The molecule has 1 aromatic rings. The summed E-state index contributed by atoms with van der Waals surface area (Å²) in [6, 6.07) is 6.35. The summed E-state index contributed by atoms with van der Waals surface area (Å²) < 4.78 is 5.23. The Hall–Kier alpha value is -0.690. The van der Waals surface area contributed by atoms with E-state index in [0.29, 0.717) is 5.92 Å². The van der Waals surface area contributed by atoms with Gasteiger partial charge in [-0.3, -0.25) is 0 Å². The van der Waals surface area contributed by atoms with Crippen LogP contribution in [-0.2, 0) is 6.42 Å². The van der Waals surface area contributed by atoms with Crippen molar-refractivity contribution < 1.29 is 4.74 Å². The van der Waals surface area contributed by atoms with Crippen molar-refractivity contribution in [1.82, 2.24) is 0 Å². The summed E-state index contributed by atoms with van der Waals surface area (Å²) in [7, 11) is 1.71. The number of alkyl halides is 1. The van der Waals surface area contributed by atoms with Crippen LogP contribution in [0, 0.1) is 0 Å². The van der Waals surface area contributed by atoms with Gasteiger partial charge in [-0.25, -0.2) is 0 Å². The largest absolute Gasteiger partial charge is 0.497 e. The van der Waals surface area contributed by atoms with E-state index in [0.717, 1.165) is 11.6 Å². The molecule has 1 aliphatic carbocycles. The van der Waals surface area contributed by atoms with Gasteiger partial charge in [-0.2, -0.15) is 0 Å². The molecule has 1 atom stereocenters. The smallest absolute Gasteiger partial charge is 0.119 e. The quantitative estimate of drug-likeness (QED) is 0.681. The van der Waals surface area contributed by atoms with Crippen LogP contribution in [0.15, 0.2) is 18.2 Å². The highest BCUT2D eigenvalue weighted by Crippen LogP contribution is 2.34. The first-order chi connectivity index (χ1) is 6.85. The Kier molecular flexibility index (Phi) is 2.97. The van der Waals surface area contributed by atoms with Gasteiger partial charge in [0, 0.05) is 5.88 Å². The maximum atomic E-state index is 5.96. The Bertz CT molecular complexity index is 322. The Balaban J connectivity index is 2.38. The molecule has 0 spiro atoms. The minimum absolute atomic E-state index is 0.524. The van der Waals surface area contributed by atoms with Gasteiger partial charge in [0.25, 0.3) is 0 Å². The van der Waals surface area contributed by atoms with Crippen LogP contribution in [-0.4, -0.2) is 13.0 Å². The third-order valence-corrected chi connectivity index (χ3v) is 3.35. The van der Waals surface area contributed by atoms with E-state index in [1.807, 2.05) is 6.07 Å². The van der Waals surface area contributed by atoms with E-state index in [-0.39, 0.29) is 0 Å². The van der Waals surface area contributed by atoms with Crippen LogP contribution in [0.4, 0.5) is 0 Å². The van der Waals surface area contributed by atoms with E-state index in [1.165, 1.54) is 30.4 Å². The van der Waals surface area contributed by atoms with E-state index in [1.54, 1.807) is 7.11 Å². The first-order valence-corrected chi connectivity index (χ1v) is 5.61. The van der Waals surface area contributed by atoms with E-state index in [2.05, 4.69) is 12.1 Å². The fraction of sp³-hybridized carbons (Fsp3) is 0.500. The molecule has 1 aromatic carbocycles. The van der Waals surface area contributed by atoms with Crippen molar-refractivity contribution in [3.05, 3.63) is 29.3 Å². The van der Waals surface area contributed by atoms with Crippen LogP contribution in [0.1, 0.15) is 29.9 Å². The van der Waals surface area contributed by atoms with Crippen molar-refractivity contribution >= 4 is 11.6 Å². The van der Waals surface area contributed by atoms with Gasteiger partial charge in [0.05, 0.1) is 7.11 Å². The fourth-order valence-corrected chi connectivity index (χ4v) is 2.48. The van der Waals surface area contributed by atoms with Crippen LogP contribution in [0.2, 0.25) is 0 Å². The van der Waals surface area contributed by atoms with Gasteiger partial charge in [-0.05, 0) is 48.4 Å². The average molecular weight is 211 g/mol. The molecule has 2 heteroatoms. The maximum absolute atomic E-state index is 5.96. The Morgan fingerprint density at radius 3 is 3.07 bits per heavy atom. The average Bonchev–Trinajstić information content (AvgIpc) is 2.27. The number of rotatable bonds is 2. The highest BCUT2D eigenvalue weighted by molar-refractivity contribution is 6.18. The molecule has 1 nitrogen and oxygen atoms in total. The number of fused-ring (bicyclic) bond motifs is 1. The summed E-state index contributed by atoms with van der Waals surface area (Å²) in [4.78, 5) is 0. The molecule has 1 aliphatic rings. The van der Waals surface area contributed by atoms with Gasteiger partial charge >= 0.3 is 0 Å². The van der Waals surface area contributed by atoms with Gasteiger partial charge in [0.1, 0.15) is 5.75 Å². The molecule has 0 saturated carbocycles. The Labute approximate surface area is 90.0 Å². The molecule has 0 aliphatic heterocycles. The molecular formula is C12H15ClO. The molecule has 2 rings (SSSR count). The number of aryl methyl sites for hydroxylation is 1. The third-order valence-electron chi connectivity index (χ3n) is 2.98. The SMILES string of the molecule is COc1ccc2c(c1)C(CCl)CCC2. The second kappa shape index (κ2) is 4.22. The number of ether oxygens (including phenoxy) is 1. The highest BCUT2D eigenvalue weighted by Gasteiger charge is 2.19. The summed E-state index contributed by atoms with van der Waals surface area (Å²) in [5.74, 6) is 2.19. The maximum Gasteiger partial charge on any atom is 0.119 e. The molecule has 14 heavy (non-hydrogen) atoms. The lowest BCUT2D eigenvalue weighted by Crippen LogP contribution is -2.11. The van der Waals surface area contributed by atoms with E-state index >= 15 is 0 Å². The third kappa shape index (κ3) is 1.74. The number of benzene rings is 1. The predicted molar refractivity (Wildman–Crippen MR) is 59.4 cm³/mol. The van der Waals surface area contributed by atoms with Crippen LogP contribution < -0.4 is 4.74 Å². The van der Waals surface area contributed by atoms with Crippen molar-refractivity contribution in [2.24, 2.45) is 0 Å². The van der Waals surface area contributed by atoms with Gasteiger partial charge in [0.2, 0.25) is 0 Å². The first-order valence-electron chi connectivity index (χ1n) is 5.08. The second-order valence-corrected chi connectivity index (χ2v) is 4.12. The Morgan fingerprint density at radius 2 is 2.36 bits per heavy atom. The Morgan fingerprint density at radius 1 is 1.50 bits per heavy atom. The summed E-state index contributed by atoms with van der Waals surface area (Å²) in [6.07, 6.45) is 3.66. The molecule has 0 amide bonds. The summed E-state index contributed by atoms with van der Waals surface area (Å²) in [5, 5.41) is 0. The summed E-state index contributed by atoms with van der Waals surface area (Å²) in [6.45, 7) is 0. The molecule has 0 saturated heterocycles. The zero-order valence-corrected chi connectivity index (χ0v) is 9.18. The molecule has 0 fully saturated rings. The normalized spacial score (nSPS) is 20.3. The number of hydrogen-bond donors (Lipinski definition) is 0. The lowest BCUT2D eigenvalue weighted by molar-refractivity contribution is 0.413. The molecule has 76 valence electrons. The summed E-state index contributed by atoms with van der Waals surface area (Å²) in [5.41, 5.74) is 2.84. The van der Waals surface area contributed by atoms with Crippen LogP contribution >= 0.6 is 11.6 Å². The van der Waals surface area contributed by atoms with E-state index in [9.17, 15) is 0 Å². The van der Waals surface area contributed by atoms with Crippen molar-refractivity contribution in [2.45, 2.75) is 25.2 Å². The molecule has 1 unspecified atom stereocenters. The zero-order chi connectivity index (χ0) is 9.97. The van der Waals surface area contributed by atoms with Crippen LogP contribution in [0.25, 0.3) is 0 Å². The molecular weight excluding hydrogens is 196 g/mol. The number of methoxy groups -OCH3 is 1. The van der Waals surface area contributed by atoms with Gasteiger partial charge in [0.15, 0.2) is 0 Å². The topological polar surface area (TPSA) is 9.23 Å². The van der Waals surface area contributed by atoms with Gasteiger partial charge in [-0.15, -0.1) is 11.6 Å². The van der Waals surface area contributed by atoms with Crippen LogP contribution in [0.5, 0.6) is 5.75 Å². The molecule has 0 radical (unpaired) electrons. The predicted octanol–water partition coefficient (Wildman–Crippen LogP) is 3.35. The number of hydrogen-bond acceptors (Lipinski definition) is 1. The molecule has 0 aromatic heterocycles. The molecule has 0 heterocycles.